The lowest BCUT2D eigenvalue weighted by atomic mass is 9.48. The van der Waals surface area contributed by atoms with Gasteiger partial charge in [0.1, 0.15) is 34.9 Å². The SMILES string of the molecule is CC1(C)Oc2ccc(CC(=O)c3ccc(OC(F)F)cn3)cc2C2(COC(N)=N2)C12CCC2. The van der Waals surface area contributed by atoms with E-state index >= 15 is 0 Å². The lowest BCUT2D eigenvalue weighted by Gasteiger charge is -2.62. The van der Waals surface area contributed by atoms with E-state index in [0.29, 0.717) is 12.4 Å². The van der Waals surface area contributed by atoms with Gasteiger partial charge in [0, 0.05) is 17.4 Å². The summed E-state index contributed by atoms with van der Waals surface area (Å²) in [4.78, 5) is 21.6. The van der Waals surface area contributed by atoms with E-state index in [4.69, 9.17) is 20.2 Å². The second-order valence-electron chi connectivity index (χ2n) is 9.34. The third kappa shape index (κ3) is 3.24. The van der Waals surface area contributed by atoms with E-state index < -0.39 is 17.8 Å². The van der Waals surface area contributed by atoms with Crippen molar-refractivity contribution in [2.45, 2.75) is 57.3 Å². The molecule has 33 heavy (non-hydrogen) atoms. The Kier molecular flexibility index (Phi) is 4.84. The number of Topliss-reactive ketones (excluding diaryl/α,β-unsaturated/α-hetero) is 1. The highest BCUT2D eigenvalue weighted by atomic mass is 19.3. The summed E-state index contributed by atoms with van der Waals surface area (Å²) >= 11 is 0. The molecule has 2 aliphatic heterocycles. The van der Waals surface area contributed by atoms with E-state index in [1.807, 2.05) is 18.2 Å². The Balaban J connectivity index is 1.47. The third-order valence-electron chi connectivity index (χ3n) is 7.35. The molecule has 2 aromatic rings. The Morgan fingerprint density at radius 3 is 2.61 bits per heavy atom. The maximum absolute atomic E-state index is 12.8. The number of fused-ring (bicyclic) bond motifs is 3. The smallest absolute Gasteiger partial charge is 0.387 e. The van der Waals surface area contributed by atoms with E-state index in [1.54, 1.807) is 0 Å². The number of rotatable bonds is 5. The first-order valence-electron chi connectivity index (χ1n) is 10.9. The molecule has 7 nitrogen and oxygen atoms in total. The number of hydrogen-bond acceptors (Lipinski definition) is 7. The number of ether oxygens (including phenoxy) is 3. The van der Waals surface area contributed by atoms with Gasteiger partial charge >= 0.3 is 6.61 Å². The van der Waals surface area contributed by atoms with Crippen molar-refractivity contribution in [3.05, 3.63) is 53.3 Å². The van der Waals surface area contributed by atoms with Crippen molar-refractivity contribution in [2.75, 3.05) is 6.61 Å². The van der Waals surface area contributed by atoms with Crippen molar-refractivity contribution in [2.24, 2.45) is 16.1 Å². The van der Waals surface area contributed by atoms with Crippen LogP contribution in [0.3, 0.4) is 0 Å². The summed E-state index contributed by atoms with van der Waals surface area (Å²) < 4.78 is 41.1. The van der Waals surface area contributed by atoms with Crippen LogP contribution in [-0.2, 0) is 16.7 Å². The molecule has 1 atom stereocenters. The third-order valence-corrected chi connectivity index (χ3v) is 7.35. The van der Waals surface area contributed by atoms with E-state index in [1.165, 1.54) is 12.1 Å². The summed E-state index contributed by atoms with van der Waals surface area (Å²) in [7, 11) is 0. The number of carbonyl (C=O) groups excluding carboxylic acids is 1. The molecule has 1 fully saturated rings. The molecule has 1 aromatic carbocycles. The van der Waals surface area contributed by atoms with Gasteiger partial charge in [0.15, 0.2) is 5.78 Å². The van der Waals surface area contributed by atoms with Crippen molar-refractivity contribution in [3.63, 3.8) is 0 Å². The van der Waals surface area contributed by atoms with Crippen molar-refractivity contribution in [3.8, 4) is 11.5 Å². The van der Waals surface area contributed by atoms with Gasteiger partial charge in [-0.1, -0.05) is 12.5 Å². The van der Waals surface area contributed by atoms with Crippen molar-refractivity contribution >= 4 is 11.8 Å². The molecule has 3 heterocycles. The molecule has 2 spiro atoms. The Morgan fingerprint density at radius 2 is 2.03 bits per heavy atom. The normalized spacial score (nSPS) is 24.0. The molecule has 174 valence electrons. The molecule has 9 heteroatoms. The standard InChI is InChI=1S/C24H25F2N3O4/c1-22(2)23(8-3-9-23)24(13-31-21(27)29-24)16-10-14(4-7-19(16)33-22)11-18(30)17-6-5-15(12-28-17)32-20(25)26/h4-7,10,12,20H,3,8-9,11,13H2,1-2H3,(H2,27,29). The molecule has 0 saturated heterocycles. The number of alkyl halides is 2. The minimum atomic E-state index is -2.95. The van der Waals surface area contributed by atoms with E-state index in [2.05, 4.69) is 23.6 Å². The van der Waals surface area contributed by atoms with Gasteiger partial charge in [0.05, 0.1) is 6.20 Å². The molecule has 5 rings (SSSR count). The molecule has 3 aliphatic rings. The molecule has 1 aliphatic carbocycles. The largest absolute Gasteiger partial charge is 0.487 e. The first kappa shape index (κ1) is 21.6. The van der Waals surface area contributed by atoms with E-state index in [0.717, 1.165) is 36.6 Å². The Bertz CT molecular complexity index is 1130. The van der Waals surface area contributed by atoms with Gasteiger partial charge in [-0.2, -0.15) is 8.78 Å². The zero-order chi connectivity index (χ0) is 23.4. The molecule has 0 bridgehead atoms. The monoisotopic (exact) mass is 457 g/mol. The Morgan fingerprint density at radius 1 is 1.24 bits per heavy atom. The Labute approximate surface area is 190 Å². The van der Waals surface area contributed by atoms with Crippen LogP contribution in [0.1, 0.15) is 54.7 Å². The highest BCUT2D eigenvalue weighted by Gasteiger charge is 2.69. The van der Waals surface area contributed by atoms with Crippen molar-refractivity contribution in [1.82, 2.24) is 4.98 Å². The zero-order valence-corrected chi connectivity index (χ0v) is 18.4. The van der Waals surface area contributed by atoms with Crippen LogP contribution in [0, 0.1) is 5.41 Å². The molecule has 1 saturated carbocycles. The zero-order valence-electron chi connectivity index (χ0n) is 18.4. The summed E-state index contributed by atoms with van der Waals surface area (Å²) in [6, 6.07) is 8.51. The number of aromatic nitrogens is 1. The molecule has 2 N–H and O–H groups in total. The summed E-state index contributed by atoms with van der Waals surface area (Å²) in [5.74, 6) is 0.371. The number of aliphatic imine (C=N–C) groups is 1. The van der Waals surface area contributed by atoms with Crippen LogP contribution < -0.4 is 15.2 Å². The predicted octanol–water partition coefficient (Wildman–Crippen LogP) is 3.99. The lowest BCUT2D eigenvalue weighted by Crippen LogP contribution is -2.66. The van der Waals surface area contributed by atoms with Gasteiger partial charge in [-0.05, 0) is 56.5 Å². The minimum absolute atomic E-state index is 0.0852. The number of pyridine rings is 1. The van der Waals surface area contributed by atoms with Crippen molar-refractivity contribution < 1.29 is 27.8 Å². The Hall–Kier alpha value is -3.23. The first-order chi connectivity index (χ1) is 15.7. The number of hydrogen-bond donors (Lipinski definition) is 1. The quantitative estimate of drug-likeness (QED) is 0.682. The van der Waals surface area contributed by atoms with Crippen LogP contribution in [0.2, 0.25) is 0 Å². The second-order valence-corrected chi connectivity index (χ2v) is 9.34. The fourth-order valence-corrected chi connectivity index (χ4v) is 5.58. The number of ketones is 1. The fourth-order valence-electron chi connectivity index (χ4n) is 5.58. The maximum atomic E-state index is 12.8. The molecule has 1 unspecified atom stereocenters. The first-order valence-corrected chi connectivity index (χ1v) is 10.9. The second kappa shape index (κ2) is 7.40. The summed E-state index contributed by atoms with van der Waals surface area (Å²) in [6.07, 6.45) is 4.17. The van der Waals surface area contributed by atoms with E-state index in [9.17, 15) is 13.6 Å². The van der Waals surface area contributed by atoms with Crippen molar-refractivity contribution in [1.29, 1.82) is 0 Å². The van der Waals surface area contributed by atoms with Crippen LogP contribution in [0.25, 0.3) is 0 Å². The molecule has 1 aromatic heterocycles. The highest BCUT2D eigenvalue weighted by molar-refractivity contribution is 5.95. The lowest BCUT2D eigenvalue weighted by molar-refractivity contribution is -0.157. The number of benzene rings is 1. The molecule has 0 radical (unpaired) electrons. The van der Waals surface area contributed by atoms with Crippen LogP contribution in [0.4, 0.5) is 8.78 Å². The summed E-state index contributed by atoms with van der Waals surface area (Å²) in [5.41, 5.74) is 6.43. The van der Waals surface area contributed by atoms with Gasteiger partial charge in [-0.3, -0.25) is 4.79 Å². The number of nitrogens with zero attached hydrogens (tertiary/aromatic N) is 2. The topological polar surface area (TPSA) is 96.0 Å². The van der Waals surface area contributed by atoms with Gasteiger partial charge in [0.2, 0.25) is 0 Å². The molecular weight excluding hydrogens is 432 g/mol. The van der Waals surface area contributed by atoms with Gasteiger partial charge in [-0.25, -0.2) is 9.98 Å². The predicted molar refractivity (Wildman–Crippen MR) is 116 cm³/mol. The minimum Gasteiger partial charge on any atom is -0.487 e. The van der Waals surface area contributed by atoms with E-state index in [-0.39, 0.29) is 35.1 Å². The van der Waals surface area contributed by atoms with Gasteiger partial charge in [0.25, 0.3) is 6.02 Å². The van der Waals surface area contributed by atoms with Crippen LogP contribution >= 0.6 is 0 Å². The highest BCUT2D eigenvalue weighted by Crippen LogP contribution is 2.67. The number of amidine groups is 1. The fraction of sp³-hybridized carbons (Fsp3) is 0.458. The number of halogens is 2. The molecular formula is C24H25F2N3O4. The number of carbonyl (C=O) groups is 1. The van der Waals surface area contributed by atoms with Gasteiger partial charge < -0.3 is 19.9 Å². The van der Waals surface area contributed by atoms with Crippen LogP contribution in [-0.4, -0.2) is 35.6 Å². The molecule has 0 amide bonds. The average Bonchev–Trinajstić information content (AvgIpc) is 3.09. The summed E-state index contributed by atoms with van der Waals surface area (Å²) in [6.45, 7) is 1.57. The maximum Gasteiger partial charge on any atom is 0.387 e. The average molecular weight is 457 g/mol. The van der Waals surface area contributed by atoms with Gasteiger partial charge in [-0.15, -0.1) is 0 Å². The van der Waals surface area contributed by atoms with Crippen LogP contribution in [0.15, 0.2) is 41.5 Å². The summed E-state index contributed by atoms with van der Waals surface area (Å²) in [5, 5.41) is 0. The van der Waals surface area contributed by atoms with Crippen LogP contribution in [0.5, 0.6) is 11.5 Å². The number of nitrogens with two attached hydrogens (primary N) is 1.